The van der Waals surface area contributed by atoms with Crippen molar-refractivity contribution in [1.82, 2.24) is 9.78 Å². The molecule has 1 heterocycles. The Morgan fingerprint density at radius 2 is 1.63 bits per heavy atom. The summed E-state index contributed by atoms with van der Waals surface area (Å²) in [6, 6.07) is 13.1. The molecule has 0 N–H and O–H groups in total. The Bertz CT molecular complexity index is 1130. The number of esters is 1. The topological polar surface area (TPSA) is 87.5 Å². The minimum absolute atomic E-state index is 0.00486. The standard InChI is InChI=1S/C23H24N2O5/c1-5-29-17-12-10-16(11-13-17)21(26)15(4)30-23(28)20-18-8-6-7-9-19(18)22(27)25(24-20)14(2)3/h6-15H,5H2,1-4H3/t15-/m0/s1. The Morgan fingerprint density at radius 3 is 2.23 bits per heavy atom. The summed E-state index contributed by atoms with van der Waals surface area (Å²) in [5, 5.41) is 4.99. The van der Waals surface area contributed by atoms with Gasteiger partial charge in [-0.3, -0.25) is 9.59 Å². The second-order valence-corrected chi connectivity index (χ2v) is 7.11. The summed E-state index contributed by atoms with van der Waals surface area (Å²) in [5.41, 5.74) is 0.129. The van der Waals surface area contributed by atoms with Crippen LogP contribution < -0.4 is 10.3 Å². The predicted octanol–water partition coefficient (Wildman–Crippen LogP) is 3.80. The molecule has 0 radical (unpaired) electrons. The highest BCUT2D eigenvalue weighted by atomic mass is 16.5. The number of ether oxygens (including phenoxy) is 2. The third-order valence-electron chi connectivity index (χ3n) is 4.61. The maximum Gasteiger partial charge on any atom is 0.360 e. The summed E-state index contributed by atoms with van der Waals surface area (Å²) >= 11 is 0. The molecule has 7 nitrogen and oxygen atoms in total. The van der Waals surface area contributed by atoms with Crippen LogP contribution in [0, 0.1) is 0 Å². The average molecular weight is 408 g/mol. The molecule has 0 aliphatic rings. The summed E-state index contributed by atoms with van der Waals surface area (Å²) < 4.78 is 12.0. The van der Waals surface area contributed by atoms with Crippen LogP contribution in [0.2, 0.25) is 0 Å². The van der Waals surface area contributed by atoms with Gasteiger partial charge < -0.3 is 9.47 Å². The van der Waals surface area contributed by atoms with Crippen LogP contribution in [-0.4, -0.2) is 34.2 Å². The van der Waals surface area contributed by atoms with Gasteiger partial charge in [0.15, 0.2) is 11.8 Å². The van der Waals surface area contributed by atoms with Gasteiger partial charge in [0.1, 0.15) is 5.75 Å². The fourth-order valence-corrected chi connectivity index (χ4v) is 3.09. The maximum absolute atomic E-state index is 12.9. The molecule has 30 heavy (non-hydrogen) atoms. The van der Waals surface area contributed by atoms with E-state index in [0.29, 0.717) is 28.7 Å². The molecule has 0 unspecified atom stereocenters. The van der Waals surface area contributed by atoms with Gasteiger partial charge in [0.25, 0.3) is 5.56 Å². The van der Waals surface area contributed by atoms with E-state index >= 15 is 0 Å². The second-order valence-electron chi connectivity index (χ2n) is 7.11. The molecule has 0 bridgehead atoms. The lowest BCUT2D eigenvalue weighted by Gasteiger charge is -2.15. The SMILES string of the molecule is CCOc1ccc(C(=O)[C@H](C)OC(=O)c2nn(C(C)C)c(=O)c3ccccc23)cc1. The van der Waals surface area contributed by atoms with E-state index in [1.54, 1.807) is 62.4 Å². The van der Waals surface area contributed by atoms with Gasteiger partial charge in [-0.15, -0.1) is 0 Å². The fraction of sp³-hybridized carbons (Fsp3) is 0.304. The van der Waals surface area contributed by atoms with Gasteiger partial charge in [-0.2, -0.15) is 5.10 Å². The highest BCUT2D eigenvalue weighted by Gasteiger charge is 2.24. The van der Waals surface area contributed by atoms with Gasteiger partial charge in [-0.05, 0) is 58.0 Å². The van der Waals surface area contributed by atoms with E-state index in [0.717, 1.165) is 0 Å². The third kappa shape index (κ3) is 4.25. The monoisotopic (exact) mass is 408 g/mol. The lowest BCUT2D eigenvalue weighted by atomic mass is 10.1. The first-order valence-corrected chi connectivity index (χ1v) is 9.83. The van der Waals surface area contributed by atoms with Crippen LogP contribution in [0.3, 0.4) is 0 Å². The molecule has 0 amide bonds. The number of fused-ring (bicyclic) bond motifs is 1. The molecule has 3 aromatic rings. The first kappa shape index (κ1) is 21.2. The van der Waals surface area contributed by atoms with Crippen LogP contribution in [-0.2, 0) is 4.74 Å². The third-order valence-corrected chi connectivity index (χ3v) is 4.61. The molecule has 7 heteroatoms. The van der Waals surface area contributed by atoms with Crippen LogP contribution in [0.1, 0.15) is 54.6 Å². The number of benzene rings is 2. The zero-order chi connectivity index (χ0) is 21.8. The molecule has 1 aromatic heterocycles. The van der Waals surface area contributed by atoms with Gasteiger partial charge >= 0.3 is 5.97 Å². The fourth-order valence-electron chi connectivity index (χ4n) is 3.09. The van der Waals surface area contributed by atoms with Crippen molar-refractivity contribution in [3.05, 3.63) is 70.1 Å². The van der Waals surface area contributed by atoms with Gasteiger partial charge in [0.2, 0.25) is 5.78 Å². The first-order chi connectivity index (χ1) is 14.3. The van der Waals surface area contributed by atoms with Crippen molar-refractivity contribution in [2.45, 2.75) is 39.8 Å². The van der Waals surface area contributed by atoms with E-state index in [9.17, 15) is 14.4 Å². The Hall–Kier alpha value is -3.48. The normalized spacial score (nSPS) is 12.0. The Labute approximate surface area is 174 Å². The number of rotatable bonds is 7. The number of hydrogen-bond acceptors (Lipinski definition) is 6. The van der Waals surface area contributed by atoms with Crippen LogP contribution in [0.4, 0.5) is 0 Å². The van der Waals surface area contributed by atoms with Gasteiger partial charge in [-0.25, -0.2) is 9.48 Å². The van der Waals surface area contributed by atoms with E-state index in [1.165, 1.54) is 11.6 Å². The lowest BCUT2D eigenvalue weighted by molar-refractivity contribution is 0.0312. The maximum atomic E-state index is 12.9. The Kier molecular flexibility index (Phi) is 6.30. The minimum atomic E-state index is -1.02. The van der Waals surface area contributed by atoms with Gasteiger partial charge in [-0.1, -0.05) is 18.2 Å². The van der Waals surface area contributed by atoms with Crippen molar-refractivity contribution in [3.63, 3.8) is 0 Å². The molecule has 0 spiro atoms. The number of ketones is 1. The van der Waals surface area contributed by atoms with Crippen molar-refractivity contribution in [2.75, 3.05) is 6.61 Å². The first-order valence-electron chi connectivity index (χ1n) is 9.83. The molecular formula is C23H24N2O5. The Morgan fingerprint density at radius 1 is 1.00 bits per heavy atom. The van der Waals surface area contributed by atoms with Gasteiger partial charge in [0.05, 0.1) is 18.0 Å². The van der Waals surface area contributed by atoms with Crippen molar-refractivity contribution >= 4 is 22.5 Å². The number of aromatic nitrogens is 2. The largest absolute Gasteiger partial charge is 0.494 e. The average Bonchev–Trinajstić information content (AvgIpc) is 2.74. The molecule has 0 saturated heterocycles. The van der Waals surface area contributed by atoms with E-state index in [1.807, 2.05) is 6.92 Å². The smallest absolute Gasteiger partial charge is 0.360 e. The van der Waals surface area contributed by atoms with Crippen molar-refractivity contribution in [2.24, 2.45) is 0 Å². The van der Waals surface area contributed by atoms with E-state index in [-0.39, 0.29) is 23.1 Å². The molecule has 0 fully saturated rings. The lowest BCUT2D eigenvalue weighted by Crippen LogP contribution is -2.30. The highest BCUT2D eigenvalue weighted by molar-refractivity contribution is 6.05. The molecule has 156 valence electrons. The number of Topliss-reactive ketones (excluding diaryl/α,β-unsaturated/α-hetero) is 1. The molecule has 3 rings (SSSR count). The number of hydrogen-bond donors (Lipinski definition) is 0. The van der Waals surface area contributed by atoms with Crippen molar-refractivity contribution in [3.8, 4) is 5.75 Å². The zero-order valence-electron chi connectivity index (χ0n) is 17.4. The van der Waals surface area contributed by atoms with E-state index < -0.39 is 12.1 Å². The van der Waals surface area contributed by atoms with Crippen LogP contribution in [0.15, 0.2) is 53.3 Å². The van der Waals surface area contributed by atoms with Crippen LogP contribution >= 0.6 is 0 Å². The van der Waals surface area contributed by atoms with Crippen molar-refractivity contribution in [1.29, 1.82) is 0 Å². The Balaban J connectivity index is 1.88. The summed E-state index contributed by atoms with van der Waals surface area (Å²) in [6.45, 7) is 7.52. The van der Waals surface area contributed by atoms with E-state index in [4.69, 9.17) is 9.47 Å². The van der Waals surface area contributed by atoms with Crippen LogP contribution in [0.5, 0.6) is 5.75 Å². The molecule has 0 saturated carbocycles. The summed E-state index contributed by atoms with van der Waals surface area (Å²) in [7, 11) is 0. The molecule has 2 aromatic carbocycles. The summed E-state index contributed by atoms with van der Waals surface area (Å²) in [5.74, 6) is -0.439. The number of nitrogens with zero attached hydrogens (tertiary/aromatic N) is 2. The van der Waals surface area contributed by atoms with Crippen LogP contribution in [0.25, 0.3) is 10.8 Å². The van der Waals surface area contributed by atoms with E-state index in [2.05, 4.69) is 5.10 Å². The summed E-state index contributed by atoms with van der Waals surface area (Å²) in [6.07, 6.45) is -1.02. The highest BCUT2D eigenvalue weighted by Crippen LogP contribution is 2.18. The van der Waals surface area contributed by atoms with Crippen molar-refractivity contribution < 1.29 is 19.1 Å². The molecule has 0 aliphatic heterocycles. The molecule has 0 aliphatic carbocycles. The quantitative estimate of drug-likeness (QED) is 0.436. The number of carbonyl (C=O) groups excluding carboxylic acids is 2. The second kappa shape index (κ2) is 8.90. The molecular weight excluding hydrogens is 384 g/mol. The van der Waals surface area contributed by atoms with Gasteiger partial charge in [0, 0.05) is 10.9 Å². The molecule has 1 atom stereocenters. The number of carbonyl (C=O) groups is 2. The minimum Gasteiger partial charge on any atom is -0.494 e. The summed E-state index contributed by atoms with van der Waals surface area (Å²) in [4.78, 5) is 38.2. The predicted molar refractivity (Wildman–Crippen MR) is 113 cm³/mol. The zero-order valence-corrected chi connectivity index (χ0v) is 17.4.